The second-order valence-corrected chi connectivity index (χ2v) is 27.0. The summed E-state index contributed by atoms with van der Waals surface area (Å²) in [6.07, 6.45) is 0. The first-order valence-corrected chi connectivity index (χ1v) is 19.8. The molecule has 0 radical (unpaired) electrons. The molecule has 0 aliphatic heterocycles. The molecule has 0 heterocycles. The van der Waals surface area contributed by atoms with Crippen LogP contribution in [0.4, 0.5) is 0 Å². The molecule has 0 bridgehead atoms. The summed E-state index contributed by atoms with van der Waals surface area (Å²) in [4.78, 5) is 13.8. The van der Waals surface area contributed by atoms with Gasteiger partial charge < -0.3 is 0 Å². The zero-order valence-corrected chi connectivity index (χ0v) is 39.7. The lowest BCUT2D eigenvalue weighted by atomic mass is 9.98. The number of hydrogen-bond acceptors (Lipinski definition) is 1. The summed E-state index contributed by atoms with van der Waals surface area (Å²) < 4.78 is -49.4. The fourth-order valence-electron chi connectivity index (χ4n) is 2.85. The molecule has 1 saturated carbocycles. The number of carbonyl (C=O) groups excluding carboxylic acids is 1. The first-order chi connectivity index (χ1) is 18.4. The molecule has 1 nitrogen and oxygen atoms in total. The average molecular weight is 1190 g/mol. The Hall–Kier alpha value is 7.79. The van der Waals surface area contributed by atoms with Crippen LogP contribution in [0.15, 0.2) is 0 Å². The van der Waals surface area contributed by atoms with E-state index in [-0.39, 0.29) is 0 Å². The highest BCUT2D eigenvalue weighted by Gasteiger charge is 2.88. The van der Waals surface area contributed by atoms with Crippen LogP contribution in [0, 0.1) is 0 Å². The lowest BCUT2D eigenvalue weighted by Crippen LogP contribution is -2.74. The summed E-state index contributed by atoms with van der Waals surface area (Å²) in [6, 6.07) is 0. The lowest BCUT2D eigenvalue weighted by molar-refractivity contribution is -0.121. The van der Waals surface area contributed by atoms with Crippen LogP contribution in [-0.4, -0.2) is 66.5 Å². The Labute approximate surface area is 389 Å². The fraction of sp³-hybridized carbons (Fsp3) is 0.933. The van der Waals surface area contributed by atoms with E-state index in [1.54, 1.807) is 0 Å². The maximum atomic E-state index is 13.8. The van der Waals surface area contributed by atoms with Crippen molar-refractivity contribution in [3.63, 3.8) is 0 Å². The van der Waals surface area contributed by atoms with Crippen LogP contribution < -0.4 is 0 Å². The molecule has 44 heavy (non-hydrogen) atoms. The van der Waals surface area contributed by atoms with Gasteiger partial charge in [0.2, 0.25) is 14.4 Å². The Morgan fingerprint density at radius 1 is 0.205 bits per heavy atom. The van der Waals surface area contributed by atoms with Crippen molar-refractivity contribution < 1.29 is 4.79 Å². The largest absolute Gasteiger partial charge is 0.293 e. The molecule has 1 rings (SSSR count). The van der Waals surface area contributed by atoms with E-state index in [0.717, 1.165) is 0 Å². The molecule has 1 aliphatic carbocycles. The number of alkyl halides is 28. The van der Waals surface area contributed by atoms with Crippen molar-refractivity contribution in [1.82, 2.24) is 0 Å². The van der Waals surface area contributed by atoms with Crippen molar-refractivity contribution in [2.24, 2.45) is 0 Å². The van der Waals surface area contributed by atoms with Crippen molar-refractivity contribution in [2.45, 2.75) is 60.7 Å². The maximum Gasteiger partial charge on any atom is 0.214 e. The summed E-state index contributed by atoms with van der Waals surface area (Å²) in [5.74, 6) is -2.06. The Bertz CT molecular complexity index is 1070. The van der Waals surface area contributed by atoms with E-state index >= 15 is 0 Å². The van der Waals surface area contributed by atoms with Gasteiger partial charge in [0.05, 0.1) is 0 Å². The molecule has 0 atom stereocenters. The number of Topliss-reactive ketones (excluding diaryl/α,β-unsaturated/α-hetero) is 1. The molecule has 0 amide bonds. The van der Waals surface area contributed by atoms with Crippen molar-refractivity contribution in [1.29, 1.82) is 0 Å². The van der Waals surface area contributed by atoms with E-state index in [9.17, 15) is 4.79 Å². The second-order valence-electron chi connectivity index (χ2n) is 8.37. The fourth-order valence-corrected chi connectivity index (χ4v) is 13.1. The van der Waals surface area contributed by atoms with E-state index in [1.165, 1.54) is 0 Å². The highest BCUT2D eigenvalue weighted by molar-refractivity contribution is 6.86. The summed E-state index contributed by atoms with van der Waals surface area (Å²) >= 11 is 179. The highest BCUT2D eigenvalue weighted by Crippen LogP contribution is 2.78. The number of carbonyl (C=O) groups is 1. The van der Waals surface area contributed by atoms with E-state index in [1.807, 2.05) is 0 Å². The van der Waals surface area contributed by atoms with Crippen LogP contribution in [0.5, 0.6) is 0 Å². The summed E-state index contributed by atoms with van der Waals surface area (Å²) in [5, 5.41) is 0. The number of rotatable bonds is 0. The molecule has 0 spiro atoms. The molecule has 1 fully saturated rings. The molecule has 262 valence electrons. The SMILES string of the molecule is O=C1C(Cl)(Cl)C(Cl)(Cl)C(Cl)(Cl)C(Cl)(Cl)C(Cl)(Cl)C(Cl)(Cl)C(Cl)(Cl)C(Cl)(Cl)C(Cl)(Cl)C(Cl)(Cl)C(Cl)(Cl)C(Cl)(Cl)C(Cl)(Cl)C1(Cl)Cl. The first-order valence-electron chi connectivity index (χ1n) is 9.25. The van der Waals surface area contributed by atoms with Crippen molar-refractivity contribution in [2.75, 3.05) is 0 Å². The maximum absolute atomic E-state index is 13.8. The van der Waals surface area contributed by atoms with Crippen LogP contribution >= 0.6 is 325 Å². The van der Waals surface area contributed by atoms with Gasteiger partial charge in [0.1, 0.15) is 0 Å². The Morgan fingerprint density at radius 3 is 0.409 bits per heavy atom. The van der Waals surface area contributed by atoms with Crippen LogP contribution in [-0.2, 0) is 4.79 Å². The number of ketones is 1. The van der Waals surface area contributed by atoms with Gasteiger partial charge >= 0.3 is 0 Å². The van der Waals surface area contributed by atoms with Gasteiger partial charge in [-0.05, 0) is 0 Å². The third-order valence-corrected chi connectivity index (χ3v) is 26.2. The monoisotopic (exact) mass is 1180 g/mol. The van der Waals surface area contributed by atoms with Crippen molar-refractivity contribution in [3.05, 3.63) is 0 Å². The standard InChI is InChI=1S/C15Cl28O/c16-2(17)1(44)3(18,19)5(22,23)7(26,27)9(30,31)11(34,35)13(38,39)15(42,43)14(40,41)12(36,37)10(32,33)8(28,29)6(24,25)4(2,20)21. The smallest absolute Gasteiger partial charge is 0.214 e. The van der Waals surface area contributed by atoms with Crippen LogP contribution in [0.2, 0.25) is 0 Å². The number of hydrogen-bond donors (Lipinski definition) is 0. The predicted octanol–water partition coefficient (Wildman–Crippen LogP) is 16.0. The summed E-state index contributed by atoms with van der Waals surface area (Å²) in [7, 11) is 0. The van der Waals surface area contributed by atoms with Gasteiger partial charge in [-0.25, -0.2) is 0 Å². The topological polar surface area (TPSA) is 17.1 Å². The summed E-state index contributed by atoms with van der Waals surface area (Å²) in [6.45, 7) is 0. The molecule has 0 saturated heterocycles. The minimum absolute atomic E-state index is 2.06. The van der Waals surface area contributed by atoms with Gasteiger partial charge in [-0.1, -0.05) is 325 Å². The third kappa shape index (κ3) is 6.33. The van der Waals surface area contributed by atoms with E-state index in [4.69, 9.17) is 325 Å². The van der Waals surface area contributed by atoms with Gasteiger partial charge in [-0.15, -0.1) is 0 Å². The van der Waals surface area contributed by atoms with Crippen LogP contribution in [0.3, 0.4) is 0 Å². The van der Waals surface area contributed by atoms with Crippen molar-refractivity contribution >= 4 is 331 Å². The zero-order valence-electron chi connectivity index (χ0n) is 18.5. The molecule has 1 aliphatic rings. The molecule has 29 heteroatoms. The third-order valence-electron chi connectivity index (χ3n) is 5.70. The minimum Gasteiger partial charge on any atom is -0.293 e. The van der Waals surface area contributed by atoms with Gasteiger partial charge in [0, 0.05) is 0 Å². The van der Waals surface area contributed by atoms with Gasteiger partial charge in [-0.3, -0.25) is 4.79 Å². The quantitative estimate of drug-likeness (QED) is 0.221. The second kappa shape index (κ2) is 14.0. The molecule has 0 N–H and O–H groups in total. The van der Waals surface area contributed by atoms with Crippen LogP contribution in [0.25, 0.3) is 0 Å². The molecular weight excluding hydrogens is 1190 g/mol. The van der Waals surface area contributed by atoms with Gasteiger partial charge in [-0.2, -0.15) is 0 Å². The van der Waals surface area contributed by atoms with E-state index in [0.29, 0.717) is 0 Å². The van der Waals surface area contributed by atoms with Gasteiger partial charge in [0.15, 0.2) is 52.0 Å². The molecule has 0 aromatic carbocycles. The Kier molecular flexibility index (Phi) is 15.9. The lowest BCUT2D eigenvalue weighted by Gasteiger charge is -2.57. The average Bonchev–Trinajstić information content (AvgIpc) is 2.80. The molecular formula is C15Cl28O. The zero-order chi connectivity index (χ0) is 36.6. The molecule has 0 aromatic rings. The summed E-state index contributed by atoms with van der Waals surface area (Å²) in [5.41, 5.74) is 0. The van der Waals surface area contributed by atoms with Crippen LogP contribution in [0.1, 0.15) is 0 Å². The Morgan fingerprint density at radius 2 is 0.295 bits per heavy atom. The Balaban J connectivity index is 4.72. The first kappa shape index (κ1) is 49.8. The number of halogens is 28. The molecule has 0 aromatic heterocycles. The molecule has 0 unspecified atom stereocenters. The normalized spacial score (nSPS) is 33.3. The highest BCUT2D eigenvalue weighted by atomic mass is 35.6. The predicted molar refractivity (Wildman–Crippen MR) is 207 cm³/mol. The van der Waals surface area contributed by atoms with E-state index < -0.39 is 66.5 Å². The van der Waals surface area contributed by atoms with Crippen molar-refractivity contribution in [3.8, 4) is 0 Å². The van der Waals surface area contributed by atoms with Gasteiger partial charge in [0.25, 0.3) is 0 Å². The van der Waals surface area contributed by atoms with E-state index in [2.05, 4.69) is 0 Å². The minimum atomic E-state index is -3.60.